The van der Waals surface area contributed by atoms with Crippen LogP contribution in [0.2, 0.25) is 0 Å². The van der Waals surface area contributed by atoms with Crippen molar-refractivity contribution in [1.82, 2.24) is 5.32 Å². The van der Waals surface area contributed by atoms with Crippen LogP contribution in [0.3, 0.4) is 0 Å². The zero-order valence-corrected chi connectivity index (χ0v) is 12.0. The lowest BCUT2D eigenvalue weighted by molar-refractivity contribution is -0.120. The molecule has 1 aliphatic carbocycles. The number of carbonyl (C=O) groups excluding carboxylic acids is 1. The van der Waals surface area contributed by atoms with Crippen LogP contribution in [0.1, 0.15) is 36.0 Å². The van der Waals surface area contributed by atoms with Crippen molar-refractivity contribution < 1.29 is 4.79 Å². The summed E-state index contributed by atoms with van der Waals surface area (Å²) < 4.78 is 0. The Kier molecular flexibility index (Phi) is 4.25. The minimum Gasteiger partial charge on any atom is -0.355 e. The molecule has 0 spiro atoms. The third kappa shape index (κ3) is 3.80. The van der Waals surface area contributed by atoms with Crippen LogP contribution < -0.4 is 11.1 Å². The van der Waals surface area contributed by atoms with Crippen molar-refractivity contribution in [2.45, 2.75) is 39.5 Å². The minimum absolute atomic E-state index is 0.122. The number of nitrogens with one attached hydrogen (secondary N) is 1. The fourth-order valence-electron chi connectivity index (χ4n) is 2.51. The number of carbonyl (C=O) groups is 1. The van der Waals surface area contributed by atoms with Crippen molar-refractivity contribution in [3.63, 3.8) is 0 Å². The molecule has 0 aliphatic heterocycles. The third-order valence-corrected chi connectivity index (χ3v) is 4.15. The van der Waals surface area contributed by atoms with Gasteiger partial charge in [0.25, 0.3) is 0 Å². The zero-order chi connectivity index (χ0) is 13.9. The Balaban J connectivity index is 1.86. The van der Waals surface area contributed by atoms with Gasteiger partial charge in [-0.25, -0.2) is 0 Å². The van der Waals surface area contributed by atoms with Crippen LogP contribution in [0, 0.1) is 19.3 Å². The van der Waals surface area contributed by atoms with Crippen LogP contribution in [0.5, 0.6) is 0 Å². The van der Waals surface area contributed by atoms with Crippen molar-refractivity contribution in [1.29, 1.82) is 0 Å². The zero-order valence-electron chi connectivity index (χ0n) is 12.0. The lowest BCUT2D eigenvalue weighted by Gasteiger charge is -2.15. The molecule has 1 saturated carbocycles. The molecule has 2 rings (SSSR count). The van der Waals surface area contributed by atoms with E-state index >= 15 is 0 Å². The fourth-order valence-corrected chi connectivity index (χ4v) is 2.51. The van der Waals surface area contributed by atoms with Gasteiger partial charge in [-0.2, -0.15) is 0 Å². The lowest BCUT2D eigenvalue weighted by Crippen LogP contribution is -2.32. The monoisotopic (exact) mass is 260 g/mol. The van der Waals surface area contributed by atoms with Gasteiger partial charge in [-0.1, -0.05) is 23.8 Å². The van der Waals surface area contributed by atoms with Gasteiger partial charge in [-0.05, 0) is 56.2 Å². The molecule has 1 aliphatic rings. The van der Waals surface area contributed by atoms with Crippen molar-refractivity contribution in [2.75, 3.05) is 13.1 Å². The summed E-state index contributed by atoms with van der Waals surface area (Å²) in [6.45, 7) is 5.61. The van der Waals surface area contributed by atoms with Gasteiger partial charge in [0.15, 0.2) is 0 Å². The van der Waals surface area contributed by atoms with E-state index in [1.165, 1.54) is 24.0 Å². The number of hydrogen-bond donors (Lipinski definition) is 2. The molecule has 3 N–H and O–H groups in total. The van der Waals surface area contributed by atoms with Crippen LogP contribution in [0.15, 0.2) is 18.2 Å². The Labute approximate surface area is 115 Å². The molecule has 0 atom stereocenters. The molecule has 3 heteroatoms. The Hall–Kier alpha value is -1.35. The standard InChI is InChI=1S/C16H24N2O/c1-12-3-4-13(2)14(9-12)10-15(19)18-11-16(5-6-16)7-8-17/h3-4,9H,5-8,10-11,17H2,1-2H3,(H,18,19). The van der Waals surface area contributed by atoms with E-state index in [4.69, 9.17) is 5.73 Å². The highest BCUT2D eigenvalue weighted by molar-refractivity contribution is 5.79. The van der Waals surface area contributed by atoms with E-state index in [1.807, 2.05) is 0 Å². The Bertz CT molecular complexity index is 464. The molecule has 0 heterocycles. The van der Waals surface area contributed by atoms with Gasteiger partial charge in [-0.15, -0.1) is 0 Å². The number of benzene rings is 1. The maximum absolute atomic E-state index is 12.0. The van der Waals surface area contributed by atoms with E-state index in [9.17, 15) is 4.79 Å². The average Bonchev–Trinajstić information content (AvgIpc) is 3.12. The molecule has 1 amide bonds. The second-order valence-corrected chi connectivity index (χ2v) is 5.92. The molecular formula is C16H24N2O. The van der Waals surface area contributed by atoms with Gasteiger partial charge >= 0.3 is 0 Å². The summed E-state index contributed by atoms with van der Waals surface area (Å²) in [6.07, 6.45) is 3.91. The summed E-state index contributed by atoms with van der Waals surface area (Å²) in [4.78, 5) is 12.0. The van der Waals surface area contributed by atoms with Crippen LogP contribution in [0.25, 0.3) is 0 Å². The average molecular weight is 260 g/mol. The molecule has 0 aromatic heterocycles. The molecule has 1 fully saturated rings. The highest BCUT2D eigenvalue weighted by Crippen LogP contribution is 2.47. The maximum atomic E-state index is 12.0. The maximum Gasteiger partial charge on any atom is 0.224 e. The first-order valence-electron chi connectivity index (χ1n) is 7.08. The first-order chi connectivity index (χ1) is 9.04. The molecule has 1 aromatic rings. The van der Waals surface area contributed by atoms with Gasteiger partial charge in [0, 0.05) is 6.54 Å². The SMILES string of the molecule is Cc1ccc(C)c(CC(=O)NCC2(CCN)CC2)c1. The van der Waals surface area contributed by atoms with Crippen LogP contribution in [0.4, 0.5) is 0 Å². The number of nitrogens with two attached hydrogens (primary N) is 1. The fraction of sp³-hybridized carbons (Fsp3) is 0.562. The molecule has 0 unspecified atom stereocenters. The van der Waals surface area contributed by atoms with Crippen LogP contribution >= 0.6 is 0 Å². The molecule has 0 bridgehead atoms. The van der Waals surface area contributed by atoms with Crippen molar-refractivity contribution >= 4 is 5.91 Å². The van der Waals surface area contributed by atoms with Gasteiger partial charge in [0.2, 0.25) is 5.91 Å². The summed E-state index contributed by atoms with van der Waals surface area (Å²) in [5.41, 5.74) is 9.43. The summed E-state index contributed by atoms with van der Waals surface area (Å²) in [5.74, 6) is 0.122. The van der Waals surface area contributed by atoms with Crippen LogP contribution in [-0.2, 0) is 11.2 Å². The molecular weight excluding hydrogens is 236 g/mol. The van der Waals surface area contributed by atoms with E-state index < -0.39 is 0 Å². The minimum atomic E-state index is 0.122. The Morgan fingerprint density at radius 2 is 2.11 bits per heavy atom. The topological polar surface area (TPSA) is 55.1 Å². The first-order valence-corrected chi connectivity index (χ1v) is 7.08. The largest absolute Gasteiger partial charge is 0.355 e. The van der Waals surface area contributed by atoms with E-state index in [1.54, 1.807) is 0 Å². The highest BCUT2D eigenvalue weighted by Gasteiger charge is 2.41. The van der Waals surface area contributed by atoms with E-state index in [-0.39, 0.29) is 5.91 Å². The molecule has 19 heavy (non-hydrogen) atoms. The second kappa shape index (κ2) is 5.74. The molecule has 0 radical (unpaired) electrons. The van der Waals surface area contributed by atoms with Crippen molar-refractivity contribution in [2.24, 2.45) is 11.1 Å². The van der Waals surface area contributed by atoms with Gasteiger partial charge in [0.05, 0.1) is 6.42 Å². The first kappa shape index (κ1) is 14.1. The third-order valence-electron chi connectivity index (χ3n) is 4.15. The van der Waals surface area contributed by atoms with Crippen LogP contribution in [-0.4, -0.2) is 19.0 Å². The molecule has 104 valence electrons. The Morgan fingerprint density at radius 1 is 1.37 bits per heavy atom. The summed E-state index contributed by atoms with van der Waals surface area (Å²) in [5, 5.41) is 3.07. The second-order valence-electron chi connectivity index (χ2n) is 5.92. The van der Waals surface area contributed by atoms with Gasteiger partial charge in [0.1, 0.15) is 0 Å². The quantitative estimate of drug-likeness (QED) is 0.823. The number of amides is 1. The smallest absolute Gasteiger partial charge is 0.224 e. The Morgan fingerprint density at radius 3 is 2.74 bits per heavy atom. The van der Waals surface area contributed by atoms with Gasteiger partial charge in [-0.3, -0.25) is 4.79 Å². The molecule has 1 aromatic carbocycles. The molecule has 0 saturated heterocycles. The number of aryl methyl sites for hydroxylation is 2. The van der Waals surface area contributed by atoms with E-state index in [0.29, 0.717) is 18.4 Å². The normalized spacial score (nSPS) is 16.2. The molecule has 3 nitrogen and oxygen atoms in total. The predicted octanol–water partition coefficient (Wildman–Crippen LogP) is 2.09. The van der Waals surface area contributed by atoms with E-state index in [0.717, 1.165) is 18.5 Å². The van der Waals surface area contributed by atoms with Gasteiger partial charge < -0.3 is 11.1 Å². The predicted molar refractivity (Wildman–Crippen MR) is 78.0 cm³/mol. The highest BCUT2D eigenvalue weighted by atomic mass is 16.1. The number of hydrogen-bond acceptors (Lipinski definition) is 2. The number of rotatable bonds is 6. The summed E-state index contributed by atoms with van der Waals surface area (Å²) >= 11 is 0. The van der Waals surface area contributed by atoms with E-state index in [2.05, 4.69) is 37.4 Å². The summed E-state index contributed by atoms with van der Waals surface area (Å²) in [7, 11) is 0. The van der Waals surface area contributed by atoms with Crippen molar-refractivity contribution in [3.8, 4) is 0 Å². The van der Waals surface area contributed by atoms with Crippen molar-refractivity contribution in [3.05, 3.63) is 34.9 Å². The summed E-state index contributed by atoms with van der Waals surface area (Å²) in [6, 6.07) is 6.26. The lowest BCUT2D eigenvalue weighted by atomic mass is 10.0.